The predicted octanol–water partition coefficient (Wildman–Crippen LogP) is 2.89. The molecule has 0 bridgehead atoms. The molecule has 1 unspecified atom stereocenters. The van der Waals surface area contributed by atoms with Gasteiger partial charge in [0.1, 0.15) is 4.99 Å². The van der Waals surface area contributed by atoms with E-state index in [0.29, 0.717) is 16.1 Å². The molecular formula is C11H13ClN2S2. The maximum atomic E-state index is 6.17. The molecule has 0 aliphatic carbocycles. The first-order valence-electron chi connectivity index (χ1n) is 5.10. The lowest BCUT2D eigenvalue weighted by Crippen LogP contribution is -2.18. The SMILES string of the molecule is NC(=S)c1ccc(NC2CCSC2)c(Cl)c1. The molecule has 0 aromatic heterocycles. The number of halogens is 1. The van der Waals surface area contributed by atoms with E-state index < -0.39 is 0 Å². The Balaban J connectivity index is 2.12. The second-order valence-electron chi connectivity index (χ2n) is 3.76. The van der Waals surface area contributed by atoms with Crippen molar-refractivity contribution in [2.45, 2.75) is 12.5 Å². The number of benzene rings is 1. The number of hydrogen-bond donors (Lipinski definition) is 2. The van der Waals surface area contributed by atoms with Gasteiger partial charge in [0.2, 0.25) is 0 Å². The van der Waals surface area contributed by atoms with Gasteiger partial charge in [0.25, 0.3) is 0 Å². The highest BCUT2D eigenvalue weighted by Crippen LogP contribution is 2.27. The summed E-state index contributed by atoms with van der Waals surface area (Å²) >= 11 is 13.0. The molecule has 0 amide bonds. The smallest absolute Gasteiger partial charge is 0.104 e. The summed E-state index contributed by atoms with van der Waals surface area (Å²) in [5.41, 5.74) is 7.32. The fourth-order valence-electron chi connectivity index (χ4n) is 1.65. The third kappa shape index (κ3) is 2.81. The molecule has 1 aromatic rings. The highest BCUT2D eigenvalue weighted by molar-refractivity contribution is 7.99. The first-order valence-corrected chi connectivity index (χ1v) is 7.04. The second kappa shape index (κ2) is 5.25. The predicted molar refractivity (Wildman–Crippen MR) is 76.7 cm³/mol. The normalized spacial score (nSPS) is 19.7. The van der Waals surface area contributed by atoms with Crippen LogP contribution in [0.1, 0.15) is 12.0 Å². The van der Waals surface area contributed by atoms with Crippen molar-refractivity contribution in [1.82, 2.24) is 0 Å². The summed E-state index contributed by atoms with van der Waals surface area (Å²) in [6.07, 6.45) is 1.19. The van der Waals surface area contributed by atoms with Crippen molar-refractivity contribution in [3.8, 4) is 0 Å². The average molecular weight is 273 g/mol. The fraction of sp³-hybridized carbons (Fsp3) is 0.364. The van der Waals surface area contributed by atoms with Crippen molar-refractivity contribution in [2.24, 2.45) is 5.73 Å². The van der Waals surface area contributed by atoms with Crippen molar-refractivity contribution in [2.75, 3.05) is 16.8 Å². The van der Waals surface area contributed by atoms with Crippen LogP contribution < -0.4 is 11.1 Å². The topological polar surface area (TPSA) is 38.0 Å². The van der Waals surface area contributed by atoms with Crippen LogP contribution in [-0.2, 0) is 0 Å². The lowest BCUT2D eigenvalue weighted by Gasteiger charge is -2.14. The number of thiocarbonyl (C=S) groups is 1. The molecule has 1 heterocycles. The van der Waals surface area contributed by atoms with Gasteiger partial charge in [-0.1, -0.05) is 23.8 Å². The van der Waals surface area contributed by atoms with Crippen LogP contribution in [0.25, 0.3) is 0 Å². The van der Waals surface area contributed by atoms with Crippen LogP contribution in [0.2, 0.25) is 5.02 Å². The Kier molecular flexibility index (Phi) is 3.95. The van der Waals surface area contributed by atoms with E-state index in [1.165, 1.54) is 12.2 Å². The summed E-state index contributed by atoms with van der Waals surface area (Å²) in [5, 5.41) is 4.12. The van der Waals surface area contributed by atoms with E-state index in [0.717, 1.165) is 17.0 Å². The molecule has 2 rings (SSSR count). The van der Waals surface area contributed by atoms with E-state index in [4.69, 9.17) is 29.6 Å². The van der Waals surface area contributed by atoms with Gasteiger partial charge in [-0.2, -0.15) is 11.8 Å². The Morgan fingerprint density at radius 2 is 2.38 bits per heavy atom. The number of rotatable bonds is 3. The van der Waals surface area contributed by atoms with Gasteiger partial charge in [-0.3, -0.25) is 0 Å². The number of hydrogen-bond acceptors (Lipinski definition) is 3. The van der Waals surface area contributed by atoms with Gasteiger partial charge in [0.05, 0.1) is 10.7 Å². The van der Waals surface area contributed by atoms with Crippen molar-refractivity contribution < 1.29 is 0 Å². The summed E-state index contributed by atoms with van der Waals surface area (Å²) in [7, 11) is 0. The highest BCUT2D eigenvalue weighted by atomic mass is 35.5. The van der Waals surface area contributed by atoms with Crippen LogP contribution in [0.3, 0.4) is 0 Å². The highest BCUT2D eigenvalue weighted by Gasteiger charge is 2.16. The molecule has 1 fully saturated rings. The van der Waals surface area contributed by atoms with E-state index in [9.17, 15) is 0 Å². The Morgan fingerprint density at radius 1 is 1.56 bits per heavy atom. The zero-order valence-electron chi connectivity index (χ0n) is 8.70. The summed E-state index contributed by atoms with van der Waals surface area (Å²) in [6, 6.07) is 6.19. The summed E-state index contributed by atoms with van der Waals surface area (Å²) in [4.78, 5) is 0.380. The lowest BCUT2D eigenvalue weighted by atomic mass is 10.2. The van der Waals surface area contributed by atoms with Crippen molar-refractivity contribution >= 4 is 46.3 Å². The van der Waals surface area contributed by atoms with Crippen LogP contribution in [-0.4, -0.2) is 22.5 Å². The molecule has 1 aliphatic heterocycles. The Bertz CT molecular complexity index is 403. The van der Waals surface area contributed by atoms with Gasteiger partial charge in [0, 0.05) is 17.4 Å². The standard InChI is InChI=1S/C11H13ClN2S2/c12-9-5-7(11(13)15)1-2-10(9)14-8-3-4-16-6-8/h1-2,5,8,14H,3-4,6H2,(H2,13,15). The van der Waals surface area contributed by atoms with E-state index in [-0.39, 0.29) is 0 Å². The molecule has 0 radical (unpaired) electrons. The van der Waals surface area contributed by atoms with Gasteiger partial charge in [-0.15, -0.1) is 0 Å². The number of nitrogens with one attached hydrogen (secondary N) is 1. The Hall–Kier alpha value is -0.450. The van der Waals surface area contributed by atoms with Crippen molar-refractivity contribution in [1.29, 1.82) is 0 Å². The molecule has 1 atom stereocenters. The second-order valence-corrected chi connectivity index (χ2v) is 5.76. The van der Waals surface area contributed by atoms with Crippen molar-refractivity contribution in [3.63, 3.8) is 0 Å². The van der Waals surface area contributed by atoms with E-state index >= 15 is 0 Å². The maximum Gasteiger partial charge on any atom is 0.104 e. The minimum atomic E-state index is 0.380. The Labute approximate surface area is 110 Å². The Morgan fingerprint density at radius 3 is 2.94 bits per heavy atom. The number of thioether (sulfide) groups is 1. The maximum absolute atomic E-state index is 6.17. The monoisotopic (exact) mass is 272 g/mol. The molecule has 16 heavy (non-hydrogen) atoms. The number of anilines is 1. The fourth-order valence-corrected chi connectivity index (χ4v) is 3.17. The minimum Gasteiger partial charge on any atom is -0.389 e. The molecule has 0 saturated carbocycles. The molecule has 2 nitrogen and oxygen atoms in total. The van der Waals surface area contributed by atoms with E-state index in [1.54, 1.807) is 0 Å². The van der Waals surface area contributed by atoms with Crippen molar-refractivity contribution in [3.05, 3.63) is 28.8 Å². The zero-order chi connectivity index (χ0) is 11.5. The summed E-state index contributed by atoms with van der Waals surface area (Å²) in [6.45, 7) is 0. The average Bonchev–Trinajstić information content (AvgIpc) is 2.73. The quantitative estimate of drug-likeness (QED) is 0.830. The molecule has 5 heteroatoms. The molecule has 1 aliphatic rings. The van der Waals surface area contributed by atoms with Gasteiger partial charge in [-0.05, 0) is 30.4 Å². The molecule has 0 spiro atoms. The van der Waals surface area contributed by atoms with Crippen LogP contribution in [0.15, 0.2) is 18.2 Å². The van der Waals surface area contributed by atoms with Crippen LogP contribution >= 0.6 is 35.6 Å². The molecule has 3 N–H and O–H groups in total. The van der Waals surface area contributed by atoms with Gasteiger partial charge >= 0.3 is 0 Å². The lowest BCUT2D eigenvalue weighted by molar-refractivity contribution is 0.813. The van der Waals surface area contributed by atoms with Crippen LogP contribution in [0, 0.1) is 0 Å². The zero-order valence-corrected chi connectivity index (χ0v) is 11.1. The van der Waals surface area contributed by atoms with Crippen LogP contribution in [0.5, 0.6) is 0 Å². The number of nitrogens with two attached hydrogens (primary N) is 1. The first kappa shape index (κ1) is 12.0. The van der Waals surface area contributed by atoms with E-state index in [1.807, 2.05) is 30.0 Å². The third-order valence-electron chi connectivity index (χ3n) is 2.54. The van der Waals surface area contributed by atoms with Gasteiger partial charge in [-0.25, -0.2) is 0 Å². The first-order chi connectivity index (χ1) is 7.66. The van der Waals surface area contributed by atoms with E-state index in [2.05, 4.69) is 5.32 Å². The molecule has 86 valence electrons. The minimum absolute atomic E-state index is 0.380. The summed E-state index contributed by atoms with van der Waals surface area (Å²) < 4.78 is 0. The van der Waals surface area contributed by atoms with Gasteiger partial charge in [0.15, 0.2) is 0 Å². The van der Waals surface area contributed by atoms with Gasteiger partial charge < -0.3 is 11.1 Å². The van der Waals surface area contributed by atoms with Crippen LogP contribution in [0.4, 0.5) is 5.69 Å². The molecule has 1 saturated heterocycles. The summed E-state index contributed by atoms with van der Waals surface area (Å²) in [5.74, 6) is 2.37. The largest absolute Gasteiger partial charge is 0.389 e. The molecule has 1 aromatic carbocycles. The molecular weight excluding hydrogens is 260 g/mol. The third-order valence-corrected chi connectivity index (χ3v) is 4.25.